The van der Waals surface area contributed by atoms with Crippen molar-refractivity contribution in [2.75, 3.05) is 13.2 Å². The van der Waals surface area contributed by atoms with Gasteiger partial charge >= 0.3 is 5.97 Å². The Bertz CT molecular complexity index is 1260. The number of ether oxygens (including phenoxy) is 2. The number of fused-ring (bicyclic) bond motifs is 2. The van der Waals surface area contributed by atoms with E-state index in [-0.39, 0.29) is 18.9 Å². The number of rotatable bonds is 6. The molecule has 0 atom stereocenters. The second kappa shape index (κ2) is 9.53. The zero-order valence-corrected chi connectivity index (χ0v) is 19.5. The number of carboxylic acid groups (broad SMARTS) is 1. The molecule has 166 valence electrons. The number of carboxylic acids is 1. The molecule has 0 heterocycles. The lowest BCUT2D eigenvalue weighted by atomic mass is 9.92. The highest BCUT2D eigenvalue weighted by Crippen LogP contribution is 2.45. The summed E-state index contributed by atoms with van der Waals surface area (Å²) in [7, 11) is 0. The van der Waals surface area contributed by atoms with Crippen molar-refractivity contribution in [3.8, 4) is 22.6 Å². The smallest absolute Gasteiger partial charge is 0.341 e. The van der Waals surface area contributed by atoms with Crippen LogP contribution in [0.4, 0.5) is 0 Å². The second-order valence-electron chi connectivity index (χ2n) is 8.85. The third kappa shape index (κ3) is 5.00. The van der Waals surface area contributed by atoms with Crippen LogP contribution in [0.2, 0.25) is 0 Å². The predicted molar refractivity (Wildman–Crippen MR) is 135 cm³/mol. The van der Waals surface area contributed by atoms with Crippen LogP contribution < -0.4 is 9.47 Å². The molecular formula is C27H28O4S. The minimum atomic E-state index is -1.01. The van der Waals surface area contributed by atoms with Crippen LogP contribution in [0.15, 0.2) is 72.8 Å². The molecule has 0 spiro atoms. The molecule has 0 aliphatic carbocycles. The van der Waals surface area contributed by atoms with Gasteiger partial charge < -0.3 is 14.6 Å². The van der Waals surface area contributed by atoms with Crippen molar-refractivity contribution >= 4 is 41.0 Å². The Hall–Kier alpha value is -3.18. The quantitative estimate of drug-likeness (QED) is 0.358. The zero-order valence-electron chi connectivity index (χ0n) is 18.5. The molecule has 4 aromatic carbocycles. The summed E-state index contributed by atoms with van der Waals surface area (Å²) >= 11 is 0. The van der Waals surface area contributed by atoms with Gasteiger partial charge in [0.2, 0.25) is 0 Å². The van der Waals surface area contributed by atoms with Gasteiger partial charge in [-0.05, 0) is 39.1 Å². The Kier molecular flexibility index (Phi) is 6.99. The largest absolute Gasteiger partial charge is 0.492 e. The zero-order chi connectivity index (χ0) is 22.0. The van der Waals surface area contributed by atoms with Crippen LogP contribution in [0.3, 0.4) is 0 Å². The molecule has 0 saturated heterocycles. The van der Waals surface area contributed by atoms with Crippen molar-refractivity contribution in [1.82, 2.24) is 0 Å². The normalized spacial score (nSPS) is 11.2. The highest BCUT2D eigenvalue weighted by Gasteiger charge is 2.21. The Morgan fingerprint density at radius 3 is 1.69 bits per heavy atom. The van der Waals surface area contributed by atoms with E-state index < -0.39 is 12.6 Å². The van der Waals surface area contributed by atoms with Crippen molar-refractivity contribution in [3.63, 3.8) is 0 Å². The number of hydrogen-bond donors (Lipinski definition) is 1. The lowest BCUT2D eigenvalue weighted by Crippen LogP contribution is -2.17. The van der Waals surface area contributed by atoms with E-state index in [4.69, 9.17) is 9.47 Å². The van der Waals surface area contributed by atoms with Crippen molar-refractivity contribution < 1.29 is 19.4 Å². The van der Waals surface area contributed by atoms with Crippen LogP contribution in [-0.2, 0) is 4.79 Å². The minimum Gasteiger partial charge on any atom is -0.492 e. The standard InChI is InChI=1S/C27H26O4.H2S/c1-27(2,3)17-31-23-15-13-19-9-5-7-11-21(19)26(23)25-20-10-6-4-8-18(20)12-14-22(25)30-16-24(28)29;/h4-15H,16-17H2,1-3H3,(H,28,29);1H2. The lowest BCUT2D eigenvalue weighted by molar-refractivity contribution is -0.139. The Morgan fingerprint density at radius 2 is 1.22 bits per heavy atom. The summed E-state index contributed by atoms with van der Waals surface area (Å²) in [6.07, 6.45) is 0. The molecule has 0 bridgehead atoms. The van der Waals surface area contributed by atoms with Crippen molar-refractivity contribution in [3.05, 3.63) is 72.8 Å². The van der Waals surface area contributed by atoms with E-state index in [0.717, 1.165) is 38.4 Å². The first-order chi connectivity index (χ1) is 14.8. The summed E-state index contributed by atoms with van der Waals surface area (Å²) in [6, 6.07) is 24.0. The van der Waals surface area contributed by atoms with E-state index in [1.807, 2.05) is 54.6 Å². The third-order valence-corrected chi connectivity index (χ3v) is 5.04. The maximum atomic E-state index is 11.2. The van der Waals surface area contributed by atoms with E-state index >= 15 is 0 Å². The van der Waals surface area contributed by atoms with Gasteiger partial charge in [-0.25, -0.2) is 4.79 Å². The molecule has 1 N–H and O–H groups in total. The highest BCUT2D eigenvalue weighted by molar-refractivity contribution is 7.59. The average Bonchev–Trinajstić information content (AvgIpc) is 2.75. The van der Waals surface area contributed by atoms with Gasteiger partial charge in [0.15, 0.2) is 6.61 Å². The van der Waals surface area contributed by atoms with Crippen LogP contribution in [0.1, 0.15) is 20.8 Å². The Balaban J connectivity index is 0.00000289. The third-order valence-electron chi connectivity index (χ3n) is 5.04. The molecule has 0 radical (unpaired) electrons. The van der Waals surface area contributed by atoms with Crippen molar-refractivity contribution in [2.24, 2.45) is 5.41 Å². The average molecular weight is 449 g/mol. The summed E-state index contributed by atoms with van der Waals surface area (Å²) in [5.41, 5.74) is 1.75. The Labute approximate surface area is 195 Å². The maximum absolute atomic E-state index is 11.2. The summed E-state index contributed by atoms with van der Waals surface area (Å²) in [5.74, 6) is 0.268. The molecule has 4 aromatic rings. The summed E-state index contributed by atoms with van der Waals surface area (Å²) in [5, 5.41) is 13.4. The topological polar surface area (TPSA) is 55.8 Å². The van der Waals surface area contributed by atoms with Crippen molar-refractivity contribution in [2.45, 2.75) is 20.8 Å². The molecule has 0 aromatic heterocycles. The molecule has 0 amide bonds. The van der Waals surface area contributed by atoms with E-state index in [1.165, 1.54) is 0 Å². The molecule has 4 rings (SSSR count). The van der Waals surface area contributed by atoms with Crippen LogP contribution in [-0.4, -0.2) is 24.3 Å². The molecule has 0 aliphatic heterocycles. The van der Waals surface area contributed by atoms with E-state index in [2.05, 4.69) is 39.0 Å². The van der Waals surface area contributed by atoms with Gasteiger partial charge in [-0.1, -0.05) is 81.4 Å². The first kappa shape index (κ1) is 23.5. The SMILES string of the molecule is CC(C)(C)COc1ccc2ccccc2c1-c1c(OCC(=O)O)ccc2ccccc12.S. The molecule has 32 heavy (non-hydrogen) atoms. The van der Waals surface area contributed by atoms with Gasteiger partial charge in [0, 0.05) is 11.1 Å². The number of carbonyl (C=O) groups is 1. The van der Waals surface area contributed by atoms with E-state index in [0.29, 0.717) is 12.4 Å². The molecule has 0 fully saturated rings. The molecular weight excluding hydrogens is 420 g/mol. The van der Waals surface area contributed by atoms with Gasteiger partial charge in [0.25, 0.3) is 0 Å². The second-order valence-corrected chi connectivity index (χ2v) is 8.85. The molecule has 0 unspecified atom stereocenters. The van der Waals surface area contributed by atoms with Gasteiger partial charge in [-0.15, -0.1) is 0 Å². The number of aliphatic carboxylic acids is 1. The molecule has 4 nitrogen and oxygen atoms in total. The fourth-order valence-electron chi connectivity index (χ4n) is 3.69. The van der Waals surface area contributed by atoms with E-state index in [9.17, 15) is 9.90 Å². The minimum absolute atomic E-state index is 0. The van der Waals surface area contributed by atoms with Crippen LogP contribution in [0, 0.1) is 5.41 Å². The van der Waals surface area contributed by atoms with Gasteiger partial charge in [-0.2, -0.15) is 13.5 Å². The fraction of sp³-hybridized carbons (Fsp3) is 0.222. The highest BCUT2D eigenvalue weighted by atomic mass is 32.1. The monoisotopic (exact) mass is 448 g/mol. The molecule has 0 saturated carbocycles. The maximum Gasteiger partial charge on any atom is 0.341 e. The predicted octanol–water partition coefficient (Wildman–Crippen LogP) is 6.66. The summed E-state index contributed by atoms with van der Waals surface area (Å²) in [6.45, 7) is 6.54. The summed E-state index contributed by atoms with van der Waals surface area (Å²) < 4.78 is 12.1. The Morgan fingerprint density at radius 1 is 0.750 bits per heavy atom. The van der Waals surface area contributed by atoms with Gasteiger partial charge in [0.1, 0.15) is 11.5 Å². The van der Waals surface area contributed by atoms with E-state index in [1.54, 1.807) is 0 Å². The first-order valence-electron chi connectivity index (χ1n) is 10.3. The molecule has 5 heteroatoms. The van der Waals surface area contributed by atoms with Crippen LogP contribution in [0.5, 0.6) is 11.5 Å². The number of hydrogen-bond acceptors (Lipinski definition) is 3. The first-order valence-corrected chi connectivity index (χ1v) is 10.3. The number of benzene rings is 4. The fourth-order valence-corrected chi connectivity index (χ4v) is 3.69. The van der Waals surface area contributed by atoms with Gasteiger partial charge in [0.05, 0.1) is 6.61 Å². The van der Waals surface area contributed by atoms with Crippen LogP contribution in [0.25, 0.3) is 32.7 Å². The molecule has 0 aliphatic rings. The van der Waals surface area contributed by atoms with Crippen LogP contribution >= 0.6 is 13.5 Å². The van der Waals surface area contributed by atoms with Crippen molar-refractivity contribution in [1.29, 1.82) is 0 Å². The summed E-state index contributed by atoms with van der Waals surface area (Å²) in [4.78, 5) is 11.2. The lowest BCUT2D eigenvalue weighted by Gasteiger charge is -2.23. The van der Waals surface area contributed by atoms with Gasteiger partial charge in [-0.3, -0.25) is 0 Å².